The van der Waals surface area contributed by atoms with Crippen molar-refractivity contribution in [3.05, 3.63) is 93.8 Å². The molecule has 0 aromatic heterocycles. The smallest absolute Gasteiger partial charge is 0.162 e. The largest absolute Gasteiger partial charge is 0.493 e. The number of aryl methyl sites for hydroxylation is 1. The van der Waals surface area contributed by atoms with E-state index in [0.29, 0.717) is 37.0 Å². The highest BCUT2D eigenvalue weighted by Gasteiger charge is 2.50. The van der Waals surface area contributed by atoms with Crippen molar-refractivity contribution in [1.29, 1.82) is 0 Å². The molecule has 3 aromatic carbocycles. The molecule has 4 aliphatic rings. The topological polar surface area (TPSA) is 55.8 Å². The van der Waals surface area contributed by atoms with Crippen LogP contribution in [0, 0.1) is 17.8 Å². The lowest BCUT2D eigenvalue weighted by Gasteiger charge is -2.52. The number of ketones is 2. The highest BCUT2D eigenvalue weighted by atomic mass is 16.5. The summed E-state index contributed by atoms with van der Waals surface area (Å²) in [7, 11) is 1.67. The van der Waals surface area contributed by atoms with Crippen molar-refractivity contribution in [2.45, 2.75) is 111 Å². The zero-order valence-corrected chi connectivity index (χ0v) is 29.0. The van der Waals surface area contributed by atoms with Gasteiger partial charge in [-0.25, -0.2) is 0 Å². The molecule has 47 heavy (non-hydrogen) atoms. The summed E-state index contributed by atoms with van der Waals surface area (Å²) >= 11 is 0. The first kappa shape index (κ1) is 31.7. The lowest BCUT2D eigenvalue weighted by molar-refractivity contribution is -0.119. The molecule has 0 spiro atoms. The van der Waals surface area contributed by atoms with Crippen molar-refractivity contribution < 1.29 is 19.1 Å². The van der Waals surface area contributed by atoms with E-state index >= 15 is 0 Å². The van der Waals surface area contributed by atoms with Gasteiger partial charge in [0.1, 0.15) is 6.61 Å². The molecule has 1 heterocycles. The Morgan fingerprint density at radius 3 is 2.04 bits per heavy atom. The van der Waals surface area contributed by atoms with Gasteiger partial charge < -0.3 is 14.4 Å². The summed E-state index contributed by atoms with van der Waals surface area (Å²) in [4.78, 5) is 31.1. The van der Waals surface area contributed by atoms with Gasteiger partial charge >= 0.3 is 0 Å². The molecule has 3 aliphatic carbocycles. The van der Waals surface area contributed by atoms with E-state index in [9.17, 15) is 9.59 Å². The summed E-state index contributed by atoms with van der Waals surface area (Å²) in [5, 5.41) is 2.37. The van der Waals surface area contributed by atoms with Crippen LogP contribution in [0.5, 0.6) is 11.5 Å². The minimum absolute atomic E-state index is 0.130. The molecule has 5 nitrogen and oxygen atoms in total. The molecule has 0 amide bonds. The van der Waals surface area contributed by atoms with Gasteiger partial charge in [0.05, 0.1) is 7.11 Å². The van der Waals surface area contributed by atoms with Crippen molar-refractivity contribution in [3.63, 3.8) is 0 Å². The van der Waals surface area contributed by atoms with Crippen LogP contribution in [0.3, 0.4) is 0 Å². The van der Waals surface area contributed by atoms with E-state index in [1.807, 2.05) is 12.1 Å². The molecule has 1 aliphatic heterocycles. The van der Waals surface area contributed by atoms with E-state index in [-0.39, 0.29) is 22.4 Å². The molecule has 0 bridgehead atoms. The SMILES string of the molecule is COc1cc(C2C3=C(CC(C)(C)CC3=O)N(C3CCCCC3)C3=C2C(=O)CC(C)(C)C3)ccc1OCc1c(C)ccc2ccccc12. The molecule has 1 fully saturated rings. The van der Waals surface area contributed by atoms with Gasteiger partial charge in [0.15, 0.2) is 23.1 Å². The lowest BCUT2D eigenvalue weighted by atomic mass is 9.63. The van der Waals surface area contributed by atoms with Crippen LogP contribution >= 0.6 is 0 Å². The fraction of sp³-hybridized carbons (Fsp3) is 0.476. The van der Waals surface area contributed by atoms with Gasteiger partial charge in [-0.15, -0.1) is 0 Å². The van der Waals surface area contributed by atoms with Crippen LogP contribution in [0.1, 0.15) is 108 Å². The number of rotatable bonds is 6. The van der Waals surface area contributed by atoms with E-state index in [1.54, 1.807) is 7.11 Å². The Labute approximate surface area is 280 Å². The first-order chi connectivity index (χ1) is 22.5. The Morgan fingerprint density at radius 1 is 0.766 bits per heavy atom. The van der Waals surface area contributed by atoms with Crippen molar-refractivity contribution in [3.8, 4) is 11.5 Å². The van der Waals surface area contributed by atoms with Gasteiger partial charge in [0.2, 0.25) is 0 Å². The lowest BCUT2D eigenvalue weighted by Crippen LogP contribution is -2.48. The fourth-order valence-corrected chi connectivity index (χ4v) is 8.88. The Morgan fingerprint density at radius 2 is 1.40 bits per heavy atom. The third-order valence-electron chi connectivity index (χ3n) is 11.1. The summed E-state index contributed by atoms with van der Waals surface area (Å²) in [6.45, 7) is 11.4. The van der Waals surface area contributed by atoms with Crippen LogP contribution in [0.15, 0.2) is 77.1 Å². The van der Waals surface area contributed by atoms with Crippen LogP contribution in [0.4, 0.5) is 0 Å². The molecule has 7 rings (SSSR count). The summed E-state index contributed by atoms with van der Waals surface area (Å²) < 4.78 is 12.4. The third kappa shape index (κ3) is 5.81. The molecule has 3 aromatic rings. The van der Waals surface area contributed by atoms with Crippen LogP contribution in [-0.2, 0) is 16.2 Å². The second kappa shape index (κ2) is 12.0. The number of hydrogen-bond acceptors (Lipinski definition) is 5. The van der Waals surface area contributed by atoms with Crippen LogP contribution < -0.4 is 9.47 Å². The van der Waals surface area contributed by atoms with E-state index in [1.165, 1.54) is 35.6 Å². The Kier molecular flexibility index (Phi) is 8.09. The van der Waals surface area contributed by atoms with Crippen LogP contribution in [0.25, 0.3) is 10.8 Å². The van der Waals surface area contributed by atoms with Gasteiger partial charge in [0, 0.05) is 52.9 Å². The van der Waals surface area contributed by atoms with Gasteiger partial charge in [-0.1, -0.05) is 89.4 Å². The first-order valence-electron chi connectivity index (χ1n) is 17.6. The zero-order valence-electron chi connectivity index (χ0n) is 29.0. The molecule has 0 N–H and O–H groups in total. The van der Waals surface area contributed by atoms with Crippen molar-refractivity contribution in [1.82, 2.24) is 4.90 Å². The van der Waals surface area contributed by atoms with Gasteiger partial charge in [0.25, 0.3) is 0 Å². The molecule has 1 saturated carbocycles. The average Bonchev–Trinajstić information content (AvgIpc) is 3.02. The zero-order chi connectivity index (χ0) is 33.1. The quantitative estimate of drug-likeness (QED) is 0.271. The summed E-state index contributed by atoms with van der Waals surface area (Å²) in [5.74, 6) is 1.23. The number of nitrogens with zero attached hydrogens (tertiary/aromatic N) is 1. The van der Waals surface area contributed by atoms with E-state index in [0.717, 1.165) is 59.4 Å². The molecule has 0 saturated heterocycles. The number of fused-ring (bicyclic) bond motifs is 1. The maximum Gasteiger partial charge on any atom is 0.162 e. The van der Waals surface area contributed by atoms with Crippen molar-refractivity contribution in [2.24, 2.45) is 10.8 Å². The average molecular weight is 632 g/mol. The van der Waals surface area contributed by atoms with E-state index in [4.69, 9.17) is 9.47 Å². The summed E-state index contributed by atoms with van der Waals surface area (Å²) in [5.41, 5.74) is 7.01. The number of carbonyl (C=O) groups is 2. The standard InChI is InChI=1S/C42H49NO4/c1-26-16-17-27-12-10-11-15-30(27)31(26)25-47-36-19-18-28(20-37(36)46-6)38-39-32(21-41(2,3)23-34(39)44)43(29-13-8-7-9-14-29)33-22-42(4,5)24-35(45)40(33)38/h10-12,15-20,29,38H,7-9,13-14,21-25H2,1-6H3. The second-order valence-corrected chi connectivity index (χ2v) is 16.0. The van der Waals surface area contributed by atoms with Gasteiger partial charge in [-0.2, -0.15) is 0 Å². The summed E-state index contributed by atoms with van der Waals surface area (Å²) in [6, 6.07) is 19.1. The monoisotopic (exact) mass is 631 g/mol. The highest BCUT2D eigenvalue weighted by molar-refractivity contribution is 6.07. The summed E-state index contributed by atoms with van der Waals surface area (Å²) in [6.07, 6.45) is 8.54. The molecular formula is C42H49NO4. The predicted molar refractivity (Wildman–Crippen MR) is 188 cm³/mol. The number of Topliss-reactive ketones (excluding diaryl/α,β-unsaturated/α-hetero) is 2. The molecule has 0 unspecified atom stereocenters. The number of methoxy groups -OCH3 is 1. The van der Waals surface area contributed by atoms with Crippen molar-refractivity contribution >= 4 is 22.3 Å². The van der Waals surface area contributed by atoms with E-state index in [2.05, 4.69) is 82.0 Å². The molecule has 246 valence electrons. The number of ether oxygens (including phenoxy) is 2. The fourth-order valence-electron chi connectivity index (χ4n) is 8.88. The van der Waals surface area contributed by atoms with Gasteiger partial charge in [-0.3, -0.25) is 9.59 Å². The maximum absolute atomic E-state index is 14.3. The minimum Gasteiger partial charge on any atom is -0.493 e. The molecule has 5 heteroatoms. The minimum atomic E-state index is -0.393. The van der Waals surface area contributed by atoms with Crippen LogP contribution in [-0.4, -0.2) is 29.6 Å². The first-order valence-corrected chi connectivity index (χ1v) is 17.6. The van der Waals surface area contributed by atoms with Crippen LogP contribution in [0.2, 0.25) is 0 Å². The Hall–Kier alpha value is -3.86. The van der Waals surface area contributed by atoms with Crippen molar-refractivity contribution in [2.75, 3.05) is 7.11 Å². The number of hydrogen-bond donors (Lipinski definition) is 0. The maximum atomic E-state index is 14.3. The second-order valence-electron chi connectivity index (χ2n) is 16.0. The Balaban J connectivity index is 1.33. The Bertz CT molecular complexity index is 1770. The molecule has 0 atom stereocenters. The number of carbonyl (C=O) groups excluding carboxylic acids is 2. The number of benzene rings is 3. The molecular weight excluding hydrogens is 582 g/mol. The van der Waals surface area contributed by atoms with Gasteiger partial charge in [-0.05, 0) is 77.5 Å². The normalized spacial score (nSPS) is 21.6. The molecule has 0 radical (unpaired) electrons. The predicted octanol–water partition coefficient (Wildman–Crippen LogP) is 9.75. The third-order valence-corrected chi connectivity index (χ3v) is 11.1. The van der Waals surface area contributed by atoms with E-state index < -0.39 is 5.92 Å². The highest BCUT2D eigenvalue weighted by Crippen LogP contribution is 2.56. The number of allylic oxidation sites excluding steroid dienone is 4.